The highest BCUT2D eigenvalue weighted by atomic mass is 35.5. The van der Waals surface area contributed by atoms with Crippen molar-refractivity contribution in [3.63, 3.8) is 0 Å². The maximum absolute atomic E-state index is 5.88. The second-order valence-electron chi connectivity index (χ2n) is 3.70. The number of nitrogens with zero attached hydrogens (tertiary/aromatic N) is 3. The van der Waals surface area contributed by atoms with Gasteiger partial charge in [0.1, 0.15) is 0 Å². The van der Waals surface area contributed by atoms with Crippen molar-refractivity contribution in [3.8, 4) is 0 Å². The lowest BCUT2D eigenvalue weighted by atomic mass is 10.1. The Morgan fingerprint density at radius 2 is 1.83 bits per heavy atom. The van der Waals surface area contributed by atoms with Gasteiger partial charge in [-0.05, 0) is 29.1 Å². The lowest BCUT2D eigenvalue weighted by Crippen LogP contribution is -2.06. The summed E-state index contributed by atoms with van der Waals surface area (Å²) >= 11 is 11.6. The summed E-state index contributed by atoms with van der Waals surface area (Å²) in [6, 6.07) is 8.20. The quantitative estimate of drug-likeness (QED) is 0.934. The SMILES string of the molecule is CCc1ccccc1CNc1nc(Cl)nnc1Cl. The van der Waals surface area contributed by atoms with E-state index >= 15 is 0 Å². The van der Waals surface area contributed by atoms with Gasteiger partial charge in [-0.3, -0.25) is 0 Å². The van der Waals surface area contributed by atoms with Crippen LogP contribution in [0.1, 0.15) is 18.1 Å². The van der Waals surface area contributed by atoms with Crippen LogP contribution in [0.25, 0.3) is 0 Å². The summed E-state index contributed by atoms with van der Waals surface area (Å²) in [6.45, 7) is 2.74. The van der Waals surface area contributed by atoms with Crippen LogP contribution in [-0.2, 0) is 13.0 Å². The number of aryl methyl sites for hydroxylation is 1. The van der Waals surface area contributed by atoms with Crippen molar-refractivity contribution in [2.24, 2.45) is 0 Å². The first-order valence-corrected chi connectivity index (χ1v) is 6.32. The number of rotatable bonds is 4. The molecule has 1 aromatic carbocycles. The highest BCUT2D eigenvalue weighted by molar-refractivity contribution is 6.32. The molecular weight excluding hydrogens is 271 g/mol. The summed E-state index contributed by atoms with van der Waals surface area (Å²) in [5.74, 6) is 0.447. The monoisotopic (exact) mass is 282 g/mol. The number of halogens is 2. The highest BCUT2D eigenvalue weighted by Crippen LogP contribution is 2.18. The molecule has 1 heterocycles. The summed E-state index contributed by atoms with van der Waals surface area (Å²) in [6.07, 6.45) is 0.981. The van der Waals surface area contributed by atoms with Crippen LogP contribution < -0.4 is 5.32 Å². The molecule has 0 aliphatic carbocycles. The zero-order valence-corrected chi connectivity index (χ0v) is 11.3. The van der Waals surface area contributed by atoms with Gasteiger partial charge in [-0.25, -0.2) is 0 Å². The van der Waals surface area contributed by atoms with Gasteiger partial charge in [0.25, 0.3) is 0 Å². The van der Waals surface area contributed by atoms with Crippen LogP contribution in [0.2, 0.25) is 10.4 Å². The topological polar surface area (TPSA) is 50.7 Å². The van der Waals surface area contributed by atoms with E-state index in [-0.39, 0.29) is 10.4 Å². The first kappa shape index (κ1) is 13.1. The van der Waals surface area contributed by atoms with Crippen molar-refractivity contribution >= 4 is 29.0 Å². The van der Waals surface area contributed by atoms with Gasteiger partial charge in [0, 0.05) is 6.54 Å². The van der Waals surface area contributed by atoms with E-state index in [1.165, 1.54) is 11.1 Å². The first-order valence-electron chi connectivity index (χ1n) is 5.57. The number of hydrogen-bond donors (Lipinski definition) is 1. The first-order chi connectivity index (χ1) is 8.70. The summed E-state index contributed by atoms with van der Waals surface area (Å²) in [4.78, 5) is 3.99. The van der Waals surface area contributed by atoms with Gasteiger partial charge in [0.05, 0.1) is 0 Å². The Hall–Kier alpha value is -1.39. The van der Waals surface area contributed by atoms with E-state index < -0.39 is 0 Å². The minimum atomic E-state index is 0.0747. The van der Waals surface area contributed by atoms with E-state index in [1.807, 2.05) is 12.1 Å². The number of benzene rings is 1. The van der Waals surface area contributed by atoms with Crippen molar-refractivity contribution in [2.45, 2.75) is 19.9 Å². The molecular formula is C12H12Cl2N4. The van der Waals surface area contributed by atoms with Crippen LogP contribution >= 0.6 is 23.2 Å². The minimum Gasteiger partial charge on any atom is -0.363 e. The molecule has 6 heteroatoms. The van der Waals surface area contributed by atoms with Gasteiger partial charge in [0.2, 0.25) is 5.28 Å². The van der Waals surface area contributed by atoms with E-state index in [4.69, 9.17) is 23.2 Å². The van der Waals surface area contributed by atoms with Crippen LogP contribution in [0, 0.1) is 0 Å². The largest absolute Gasteiger partial charge is 0.363 e. The zero-order valence-electron chi connectivity index (χ0n) is 9.82. The maximum Gasteiger partial charge on any atom is 0.245 e. The number of anilines is 1. The number of hydrogen-bond acceptors (Lipinski definition) is 4. The lowest BCUT2D eigenvalue weighted by molar-refractivity contribution is 0.953. The van der Waals surface area contributed by atoms with Gasteiger partial charge in [0.15, 0.2) is 11.0 Å². The molecule has 1 aromatic heterocycles. The molecule has 1 N–H and O–H groups in total. The molecule has 94 valence electrons. The second-order valence-corrected chi connectivity index (χ2v) is 4.39. The van der Waals surface area contributed by atoms with Crippen molar-refractivity contribution in [3.05, 3.63) is 45.8 Å². The summed E-state index contributed by atoms with van der Waals surface area (Å²) < 4.78 is 0. The molecule has 4 nitrogen and oxygen atoms in total. The van der Waals surface area contributed by atoms with E-state index in [1.54, 1.807) is 0 Å². The van der Waals surface area contributed by atoms with Gasteiger partial charge >= 0.3 is 0 Å². The van der Waals surface area contributed by atoms with Crippen LogP contribution in [0.3, 0.4) is 0 Å². The molecule has 0 aliphatic rings. The Balaban J connectivity index is 2.14. The average Bonchev–Trinajstić information content (AvgIpc) is 2.40. The fourth-order valence-electron chi connectivity index (χ4n) is 1.66. The third kappa shape index (κ3) is 3.09. The van der Waals surface area contributed by atoms with Gasteiger partial charge in [-0.15, -0.1) is 10.2 Å². The molecule has 0 radical (unpaired) electrons. The summed E-state index contributed by atoms with van der Waals surface area (Å²) in [7, 11) is 0. The Kier molecular flexibility index (Phi) is 4.33. The van der Waals surface area contributed by atoms with Crippen molar-refractivity contribution in [2.75, 3.05) is 5.32 Å². The smallest absolute Gasteiger partial charge is 0.245 e. The predicted octanol–water partition coefficient (Wildman–Crippen LogP) is 3.35. The Bertz CT molecular complexity index is 545. The third-order valence-corrected chi connectivity index (χ3v) is 2.98. The van der Waals surface area contributed by atoms with Crippen molar-refractivity contribution < 1.29 is 0 Å². The van der Waals surface area contributed by atoms with Gasteiger partial charge in [-0.1, -0.05) is 42.8 Å². The fraction of sp³-hybridized carbons (Fsp3) is 0.250. The van der Waals surface area contributed by atoms with Crippen LogP contribution in [0.5, 0.6) is 0 Å². The minimum absolute atomic E-state index is 0.0747. The molecule has 0 unspecified atom stereocenters. The Labute approximate surface area is 115 Å². The normalized spacial score (nSPS) is 10.4. The van der Waals surface area contributed by atoms with E-state index in [0.717, 1.165) is 6.42 Å². The molecule has 0 saturated carbocycles. The molecule has 2 rings (SSSR count). The van der Waals surface area contributed by atoms with Crippen molar-refractivity contribution in [1.29, 1.82) is 0 Å². The molecule has 0 atom stereocenters. The summed E-state index contributed by atoms with van der Waals surface area (Å²) in [5.41, 5.74) is 2.49. The third-order valence-electron chi connectivity index (χ3n) is 2.57. The summed E-state index contributed by atoms with van der Waals surface area (Å²) in [5, 5.41) is 10.7. The number of aromatic nitrogens is 3. The molecule has 0 spiro atoms. The molecule has 0 amide bonds. The van der Waals surface area contributed by atoms with E-state index in [0.29, 0.717) is 12.4 Å². The fourth-order valence-corrected chi connectivity index (χ4v) is 1.93. The van der Waals surface area contributed by atoms with Crippen LogP contribution in [0.15, 0.2) is 24.3 Å². The van der Waals surface area contributed by atoms with Crippen LogP contribution in [-0.4, -0.2) is 15.2 Å². The van der Waals surface area contributed by atoms with E-state index in [2.05, 4.69) is 39.6 Å². The molecule has 18 heavy (non-hydrogen) atoms. The van der Waals surface area contributed by atoms with Gasteiger partial charge in [-0.2, -0.15) is 4.98 Å². The molecule has 2 aromatic rings. The molecule has 0 fully saturated rings. The van der Waals surface area contributed by atoms with Crippen LogP contribution in [0.4, 0.5) is 5.82 Å². The molecule has 0 aliphatic heterocycles. The van der Waals surface area contributed by atoms with E-state index in [9.17, 15) is 0 Å². The Morgan fingerprint density at radius 1 is 1.11 bits per heavy atom. The lowest BCUT2D eigenvalue weighted by Gasteiger charge is -2.10. The molecule has 0 saturated heterocycles. The predicted molar refractivity (Wildman–Crippen MR) is 73.0 cm³/mol. The van der Waals surface area contributed by atoms with Crippen molar-refractivity contribution in [1.82, 2.24) is 15.2 Å². The Morgan fingerprint density at radius 3 is 2.56 bits per heavy atom. The average molecular weight is 283 g/mol. The highest BCUT2D eigenvalue weighted by Gasteiger charge is 2.06. The maximum atomic E-state index is 5.88. The zero-order chi connectivity index (χ0) is 13.0. The van der Waals surface area contributed by atoms with Gasteiger partial charge < -0.3 is 5.32 Å². The second kappa shape index (κ2) is 5.98. The molecule has 0 bridgehead atoms. The number of nitrogens with one attached hydrogen (secondary N) is 1. The standard InChI is InChI=1S/C12H12Cl2N4/c1-2-8-5-3-4-6-9(8)7-15-11-10(13)17-18-12(14)16-11/h3-6H,2,7H2,1H3,(H,15,16,18).